The highest BCUT2D eigenvalue weighted by molar-refractivity contribution is 7.80. The van der Waals surface area contributed by atoms with E-state index in [-0.39, 0.29) is 33.0 Å². The van der Waals surface area contributed by atoms with E-state index in [1.54, 1.807) is 42.5 Å². The van der Waals surface area contributed by atoms with E-state index in [2.05, 4.69) is 5.32 Å². The van der Waals surface area contributed by atoms with Gasteiger partial charge in [0.15, 0.2) is 11.7 Å². The maximum absolute atomic E-state index is 13.0. The Morgan fingerprint density at radius 1 is 1.18 bits per heavy atom. The first-order valence-corrected chi connectivity index (χ1v) is 9.04. The average molecular weight is 432 g/mol. The quantitative estimate of drug-likeness (QED) is 0.453. The molecule has 3 rings (SSSR count). The molecule has 0 atom stereocenters. The van der Waals surface area contributed by atoms with E-state index in [0.717, 1.165) is 4.90 Å². The number of carbonyl (C=O) groups is 2. The second-order valence-corrected chi connectivity index (χ2v) is 6.72. The van der Waals surface area contributed by atoms with Crippen LogP contribution in [-0.4, -0.2) is 23.5 Å². The Morgan fingerprint density at radius 2 is 1.89 bits per heavy atom. The number of amides is 2. The lowest BCUT2D eigenvalue weighted by Crippen LogP contribution is -2.54. The summed E-state index contributed by atoms with van der Waals surface area (Å²) in [5.74, 6) is -0.742. The highest BCUT2D eigenvalue weighted by atomic mass is 35.5. The third-order valence-corrected chi connectivity index (χ3v) is 4.86. The van der Waals surface area contributed by atoms with E-state index in [4.69, 9.17) is 45.4 Å². The van der Waals surface area contributed by atoms with Crippen LogP contribution >= 0.6 is 35.4 Å². The predicted octanol–water partition coefficient (Wildman–Crippen LogP) is 3.73. The van der Waals surface area contributed by atoms with Gasteiger partial charge in [0.05, 0.1) is 15.7 Å². The molecule has 28 heavy (non-hydrogen) atoms. The van der Waals surface area contributed by atoms with Gasteiger partial charge in [-0.1, -0.05) is 41.4 Å². The summed E-state index contributed by atoms with van der Waals surface area (Å²) < 4.78 is 5.18. The molecule has 1 fully saturated rings. The lowest BCUT2D eigenvalue weighted by Gasteiger charge is -2.29. The molecule has 2 aromatic rings. The van der Waals surface area contributed by atoms with Crippen LogP contribution in [0.3, 0.4) is 0 Å². The summed E-state index contributed by atoms with van der Waals surface area (Å²) in [6, 6.07) is 13.2. The zero-order chi connectivity index (χ0) is 20.3. The normalized spacial score (nSPS) is 15.4. The van der Waals surface area contributed by atoms with Crippen molar-refractivity contribution in [3.63, 3.8) is 0 Å². The van der Waals surface area contributed by atoms with Crippen LogP contribution in [0.1, 0.15) is 5.56 Å². The molecule has 1 aliphatic rings. The molecule has 2 amide bonds. The van der Waals surface area contributed by atoms with Gasteiger partial charge in [0.2, 0.25) is 0 Å². The summed E-state index contributed by atoms with van der Waals surface area (Å²) in [7, 11) is 0. The van der Waals surface area contributed by atoms with Crippen LogP contribution in [0.4, 0.5) is 5.69 Å². The lowest BCUT2D eigenvalue weighted by atomic mass is 10.1. The smallest absolute Gasteiger partial charge is 0.270 e. The molecule has 0 unspecified atom stereocenters. The summed E-state index contributed by atoms with van der Waals surface area (Å²) in [5.41, 5.74) is 0.749. The number of carbonyl (C=O) groups excluding carboxylic acids is 2. The molecule has 1 saturated heterocycles. The molecule has 1 N–H and O–H groups in total. The Balaban J connectivity index is 1.95. The van der Waals surface area contributed by atoms with Crippen molar-refractivity contribution in [2.24, 2.45) is 0 Å². The number of ether oxygens (including phenoxy) is 1. The number of hydrogen-bond acceptors (Lipinski definition) is 5. The highest BCUT2D eigenvalue weighted by Crippen LogP contribution is 2.34. The third kappa shape index (κ3) is 3.99. The van der Waals surface area contributed by atoms with Gasteiger partial charge in [0.25, 0.3) is 11.8 Å². The first kappa shape index (κ1) is 19.8. The Labute approximate surface area is 175 Å². The number of nitrogens with one attached hydrogen (secondary N) is 1. The lowest BCUT2D eigenvalue weighted by molar-refractivity contribution is -0.122. The van der Waals surface area contributed by atoms with Gasteiger partial charge in [-0.05, 0) is 48.1 Å². The zero-order valence-electron chi connectivity index (χ0n) is 14.1. The van der Waals surface area contributed by atoms with Crippen LogP contribution < -0.4 is 15.0 Å². The van der Waals surface area contributed by atoms with Crippen LogP contribution in [0.5, 0.6) is 5.75 Å². The maximum Gasteiger partial charge on any atom is 0.270 e. The Morgan fingerprint density at radius 3 is 2.57 bits per heavy atom. The molecule has 2 aromatic carbocycles. The standard InChI is InChI=1S/C19H11Cl2N3O3S/c20-14-2-1-3-15(16(14)21)24-18(26)13(17(25)23-19(24)28)10-11-4-6-12(7-5-11)27-9-8-22/h1-7,10H,9H2,(H,23,25,28)/b13-10+. The number of hydrogen-bond donors (Lipinski definition) is 1. The van der Waals surface area contributed by atoms with Crippen molar-refractivity contribution in [3.8, 4) is 11.8 Å². The highest BCUT2D eigenvalue weighted by Gasteiger charge is 2.35. The number of benzene rings is 2. The van der Waals surface area contributed by atoms with Crippen molar-refractivity contribution < 1.29 is 14.3 Å². The van der Waals surface area contributed by atoms with Crippen molar-refractivity contribution in [1.82, 2.24) is 5.32 Å². The monoisotopic (exact) mass is 431 g/mol. The molecular formula is C19H11Cl2N3O3S. The first-order chi connectivity index (χ1) is 13.4. The van der Waals surface area contributed by atoms with Crippen molar-refractivity contribution >= 4 is 64.1 Å². The molecule has 1 aliphatic heterocycles. The van der Waals surface area contributed by atoms with Gasteiger partial charge in [-0.15, -0.1) is 0 Å². The topological polar surface area (TPSA) is 82.4 Å². The third-order valence-electron chi connectivity index (χ3n) is 3.77. The fourth-order valence-electron chi connectivity index (χ4n) is 2.48. The summed E-state index contributed by atoms with van der Waals surface area (Å²) >= 11 is 17.4. The second kappa shape index (κ2) is 8.40. The maximum atomic E-state index is 13.0. The van der Waals surface area contributed by atoms with E-state index in [1.165, 1.54) is 6.08 Å². The second-order valence-electron chi connectivity index (χ2n) is 5.55. The number of nitriles is 1. The Kier molecular flexibility index (Phi) is 5.95. The largest absolute Gasteiger partial charge is 0.479 e. The minimum absolute atomic E-state index is 0.0753. The summed E-state index contributed by atoms with van der Waals surface area (Å²) in [6.45, 7) is -0.0753. The van der Waals surface area contributed by atoms with Crippen molar-refractivity contribution in [3.05, 3.63) is 63.6 Å². The zero-order valence-corrected chi connectivity index (χ0v) is 16.4. The Bertz CT molecular complexity index is 1050. The molecule has 140 valence electrons. The molecule has 0 bridgehead atoms. The van der Waals surface area contributed by atoms with Crippen LogP contribution in [-0.2, 0) is 9.59 Å². The number of nitrogens with zero attached hydrogens (tertiary/aromatic N) is 2. The SMILES string of the molecule is N#CCOc1ccc(/C=C2\C(=O)NC(=S)N(c3cccc(Cl)c3Cl)C2=O)cc1. The van der Waals surface area contributed by atoms with Gasteiger partial charge >= 0.3 is 0 Å². The van der Waals surface area contributed by atoms with Crippen molar-refractivity contribution in [1.29, 1.82) is 5.26 Å². The van der Waals surface area contributed by atoms with Gasteiger partial charge < -0.3 is 4.74 Å². The summed E-state index contributed by atoms with van der Waals surface area (Å²) in [6.07, 6.45) is 1.43. The van der Waals surface area contributed by atoms with E-state index < -0.39 is 11.8 Å². The molecule has 1 heterocycles. The number of halogens is 2. The minimum atomic E-state index is -0.622. The minimum Gasteiger partial charge on any atom is -0.479 e. The van der Waals surface area contributed by atoms with Crippen LogP contribution in [0.15, 0.2) is 48.0 Å². The van der Waals surface area contributed by atoms with E-state index in [1.807, 2.05) is 6.07 Å². The van der Waals surface area contributed by atoms with Gasteiger partial charge in [0.1, 0.15) is 17.4 Å². The van der Waals surface area contributed by atoms with E-state index in [0.29, 0.717) is 11.3 Å². The Hall–Kier alpha value is -2.92. The summed E-state index contributed by atoms with van der Waals surface area (Å²) in [5, 5.41) is 11.3. The fourth-order valence-corrected chi connectivity index (χ4v) is 3.14. The molecule has 0 spiro atoms. The fraction of sp³-hybridized carbons (Fsp3) is 0.0526. The molecule has 0 aliphatic carbocycles. The predicted molar refractivity (Wildman–Crippen MR) is 110 cm³/mol. The van der Waals surface area contributed by atoms with Crippen LogP contribution in [0.25, 0.3) is 6.08 Å². The molecule has 9 heteroatoms. The molecule has 0 saturated carbocycles. The van der Waals surface area contributed by atoms with Gasteiger partial charge in [-0.25, -0.2) is 0 Å². The summed E-state index contributed by atoms with van der Waals surface area (Å²) in [4.78, 5) is 26.4. The molecule has 6 nitrogen and oxygen atoms in total. The van der Waals surface area contributed by atoms with Crippen molar-refractivity contribution in [2.75, 3.05) is 11.5 Å². The van der Waals surface area contributed by atoms with E-state index >= 15 is 0 Å². The van der Waals surface area contributed by atoms with Crippen LogP contribution in [0.2, 0.25) is 10.0 Å². The number of rotatable bonds is 4. The molecule has 0 radical (unpaired) electrons. The molecule has 0 aromatic heterocycles. The van der Waals surface area contributed by atoms with Crippen molar-refractivity contribution in [2.45, 2.75) is 0 Å². The van der Waals surface area contributed by atoms with Gasteiger partial charge in [0, 0.05) is 0 Å². The van der Waals surface area contributed by atoms with Gasteiger partial charge in [-0.2, -0.15) is 5.26 Å². The van der Waals surface area contributed by atoms with E-state index in [9.17, 15) is 9.59 Å². The number of anilines is 1. The number of thiocarbonyl (C=S) groups is 1. The average Bonchev–Trinajstić information content (AvgIpc) is 2.67. The first-order valence-electron chi connectivity index (χ1n) is 7.87. The van der Waals surface area contributed by atoms with Crippen LogP contribution in [0, 0.1) is 11.3 Å². The molecular weight excluding hydrogens is 421 g/mol. The van der Waals surface area contributed by atoms with Gasteiger partial charge in [-0.3, -0.25) is 19.8 Å².